The molecule has 0 spiro atoms. The molecule has 0 aliphatic heterocycles. The number of ketones is 5. The van der Waals surface area contributed by atoms with E-state index >= 15 is 0 Å². The number of aliphatic hydroxyl groups is 3. The van der Waals surface area contributed by atoms with Crippen LogP contribution in [0.25, 0.3) is 0 Å². The first-order chi connectivity index (χ1) is 41.8. The van der Waals surface area contributed by atoms with Crippen molar-refractivity contribution >= 4 is 34.8 Å². The Labute approximate surface area is 589 Å². The third-order valence-electron chi connectivity index (χ3n) is 15.5. The molecular formula is C85H157NO9. The van der Waals surface area contributed by atoms with Crippen molar-refractivity contribution in [3.63, 3.8) is 0 Å². The van der Waals surface area contributed by atoms with Crippen molar-refractivity contribution in [3.05, 3.63) is 71.4 Å². The Balaban J connectivity index is -0.000000186. The van der Waals surface area contributed by atoms with Gasteiger partial charge in [0.25, 0.3) is 0 Å². The van der Waals surface area contributed by atoms with E-state index in [2.05, 4.69) is 169 Å². The Morgan fingerprint density at radius 3 is 1.08 bits per heavy atom. The zero-order valence-corrected chi connectivity index (χ0v) is 66.2. The summed E-state index contributed by atoms with van der Waals surface area (Å²) in [4.78, 5) is 69.4. The van der Waals surface area contributed by atoms with Crippen LogP contribution in [-0.2, 0) is 28.8 Å². The Kier molecular flexibility index (Phi) is 54.9. The van der Waals surface area contributed by atoms with Crippen LogP contribution in [0.5, 0.6) is 0 Å². The normalized spacial score (nSPS) is 14.6. The molecule has 0 heterocycles. The van der Waals surface area contributed by atoms with Crippen molar-refractivity contribution < 1.29 is 44.1 Å². The molecule has 0 fully saturated rings. The minimum atomic E-state index is -0.736. The molecule has 10 nitrogen and oxygen atoms in total. The van der Waals surface area contributed by atoms with E-state index in [9.17, 15) is 44.1 Å². The molecule has 0 aromatic heterocycles. The molecule has 3 aliphatic rings. The summed E-state index contributed by atoms with van der Waals surface area (Å²) < 4.78 is 0. The van der Waals surface area contributed by atoms with Crippen LogP contribution in [0.3, 0.4) is 0 Å². The highest BCUT2D eigenvalue weighted by molar-refractivity contribution is 5.97. The monoisotopic (exact) mass is 1340 g/mol. The van der Waals surface area contributed by atoms with Gasteiger partial charge >= 0.3 is 0 Å². The van der Waals surface area contributed by atoms with Crippen LogP contribution in [0.2, 0.25) is 0 Å². The summed E-state index contributed by atoms with van der Waals surface area (Å²) in [6, 6.07) is 0. The highest BCUT2D eigenvalue weighted by atomic mass is 16.3. The lowest BCUT2D eigenvalue weighted by Gasteiger charge is -2.26. The maximum atomic E-state index is 11.8. The fraction of sp³-hybridized carbons (Fsp3) is 0.765. The summed E-state index contributed by atoms with van der Waals surface area (Å²) in [5, 5.41) is 28.3. The highest BCUT2D eigenvalue weighted by Gasteiger charge is 2.27. The van der Waals surface area contributed by atoms with Gasteiger partial charge in [0, 0.05) is 63.3 Å². The van der Waals surface area contributed by atoms with Crippen LogP contribution in [0.4, 0.5) is 0 Å². The van der Waals surface area contributed by atoms with Gasteiger partial charge in [-0.15, -0.1) is 6.42 Å². The molecule has 0 bridgehead atoms. The lowest BCUT2D eigenvalue weighted by atomic mass is 9.84. The van der Waals surface area contributed by atoms with Gasteiger partial charge in [-0.2, -0.15) is 0 Å². The summed E-state index contributed by atoms with van der Waals surface area (Å²) in [5.41, 5.74) is 6.15. The third-order valence-corrected chi connectivity index (χ3v) is 15.5. The predicted molar refractivity (Wildman–Crippen MR) is 415 cm³/mol. The maximum Gasteiger partial charge on any atom is 0.222 e. The molecule has 3 aliphatic carbocycles. The van der Waals surface area contributed by atoms with Crippen molar-refractivity contribution in [1.82, 2.24) is 4.90 Å². The molecule has 0 aromatic carbocycles. The van der Waals surface area contributed by atoms with E-state index < -0.39 is 12.2 Å². The van der Waals surface area contributed by atoms with Gasteiger partial charge in [-0.3, -0.25) is 28.8 Å². The molecule has 3 rings (SSSR count). The summed E-state index contributed by atoms with van der Waals surface area (Å²) in [6.07, 6.45) is 31.0. The van der Waals surface area contributed by atoms with Gasteiger partial charge in [0.2, 0.25) is 5.91 Å². The summed E-state index contributed by atoms with van der Waals surface area (Å²) in [5.74, 6) is 3.97. The number of carbonyl (C=O) groups excluding carboxylic acids is 6. The number of carbonyl (C=O) groups is 6. The van der Waals surface area contributed by atoms with Gasteiger partial charge in [0.05, 0.1) is 18.3 Å². The smallest absolute Gasteiger partial charge is 0.222 e. The van der Waals surface area contributed by atoms with E-state index in [0.717, 1.165) is 132 Å². The van der Waals surface area contributed by atoms with Gasteiger partial charge in [0.15, 0.2) is 23.1 Å². The van der Waals surface area contributed by atoms with Crippen LogP contribution in [-0.4, -0.2) is 86.9 Å². The Morgan fingerprint density at radius 1 is 0.495 bits per heavy atom. The van der Waals surface area contributed by atoms with Crippen LogP contribution in [0.1, 0.15) is 350 Å². The number of Topliss-reactive ketones (excluding diaryl/α,β-unsaturated/α-hetero) is 5. The molecule has 95 heavy (non-hydrogen) atoms. The van der Waals surface area contributed by atoms with Crippen molar-refractivity contribution in [2.75, 3.05) is 13.6 Å². The fourth-order valence-corrected chi connectivity index (χ4v) is 8.65. The summed E-state index contributed by atoms with van der Waals surface area (Å²) >= 11 is 0. The Hall–Kier alpha value is -4.30. The molecular weight excluding hydrogens is 1180 g/mol. The molecule has 0 aromatic rings. The first-order valence-electron chi connectivity index (χ1n) is 35.2. The van der Waals surface area contributed by atoms with Crippen LogP contribution in [0, 0.1) is 55.7 Å². The van der Waals surface area contributed by atoms with Crippen molar-refractivity contribution in [3.8, 4) is 12.3 Å². The van der Waals surface area contributed by atoms with E-state index in [1.165, 1.54) is 26.2 Å². The topological polar surface area (TPSA) is 166 Å². The molecule has 0 saturated heterocycles. The van der Waals surface area contributed by atoms with E-state index in [-0.39, 0.29) is 65.3 Å². The van der Waals surface area contributed by atoms with Crippen molar-refractivity contribution in [2.24, 2.45) is 43.3 Å². The number of nitrogens with zero attached hydrogens (tertiary/aromatic N) is 1. The number of allylic oxidation sites excluding steroid dienone is 6. The maximum absolute atomic E-state index is 11.8. The minimum absolute atomic E-state index is 0. The standard InChI is InChI=1S/C13H22O.C12H20O.C11H18O.C10H21NO.C10H16O.C10H20O.C9H16O2.C8H16O.2CH4/c1-13(2,3)10-9-12(14)11-7-5-4-6-8-11;1-12(2,3)9-8-11(13)10-6-4-5-7-10;1-11(2,3)8-7-10(12)9-5-4-6-9;1-6-9(12)11(5)8-7-10(2,3)4;1-6-8(2)9(11)7-10(3,4)5;1-5-9(11)7-6-8-10(2,3)4;1-6(7(2)10)8(11)9(3,4)5;1-6(2)7(9)8(3,4)5;;/h7H,4-6,8-10H2,1-3H3;6H,4-5,7-9H2,1-3H3;5H,4,6-8H2,1-3H3;6-8H2,1-5H3;1,9,11H,2,7H2,3-5H3;5-8H2,1-4H3;8,11H,1H2,2-5H3;7,9H,1H2,2-5H3;2*1H4. The SMILES string of the molecule is C.C.C#CC(=C)C(O)CC(C)(C)C.C=C(C(C)=O)C(O)C(C)(C)C.C=C(C)C(O)C(C)(C)C.CC(C)(C)CCC(=O)C1=CCC1.CC(C)(C)CCC(=O)C1=CCCC1.CC(C)(C)CCC(=O)C1=CCCCC1.CCC(=O)CCCC(C)(C)C.CCC(=O)N(C)CCC(C)(C)C. The second-order valence-electron chi connectivity index (χ2n) is 35.5. The van der Waals surface area contributed by atoms with E-state index in [1.807, 2.05) is 74.3 Å². The summed E-state index contributed by atoms with van der Waals surface area (Å²) in [6.45, 7) is 69.3. The first kappa shape index (κ1) is 104. The number of aliphatic hydroxyl groups excluding tert-OH is 3. The first-order valence-corrected chi connectivity index (χ1v) is 35.2. The quantitative estimate of drug-likeness (QED) is 0.0576. The molecule has 0 saturated carbocycles. The Bertz CT molecular complexity index is 2380. The largest absolute Gasteiger partial charge is 0.388 e. The predicted octanol–water partition coefficient (Wildman–Crippen LogP) is 22.7. The number of amides is 1. The van der Waals surface area contributed by atoms with Gasteiger partial charge in [-0.05, 0) is 177 Å². The number of rotatable bonds is 21. The second kappa shape index (κ2) is 50.1. The highest BCUT2D eigenvalue weighted by Crippen LogP contribution is 2.30. The number of hydrogen-bond donors (Lipinski definition) is 3. The van der Waals surface area contributed by atoms with E-state index in [4.69, 9.17) is 6.42 Å². The molecule has 3 N–H and O–H groups in total. The van der Waals surface area contributed by atoms with E-state index in [1.54, 1.807) is 0 Å². The van der Waals surface area contributed by atoms with Crippen molar-refractivity contribution in [2.45, 2.75) is 368 Å². The van der Waals surface area contributed by atoms with E-state index in [0.29, 0.717) is 64.2 Å². The lowest BCUT2D eigenvalue weighted by molar-refractivity contribution is -0.130. The number of hydrogen-bond acceptors (Lipinski definition) is 9. The van der Waals surface area contributed by atoms with Gasteiger partial charge in [0.1, 0.15) is 5.78 Å². The molecule has 1 amide bonds. The van der Waals surface area contributed by atoms with Gasteiger partial charge < -0.3 is 20.2 Å². The fourth-order valence-electron chi connectivity index (χ4n) is 8.65. The van der Waals surface area contributed by atoms with Crippen LogP contribution < -0.4 is 0 Å². The molecule has 10 heteroatoms. The molecule has 3 atom stereocenters. The molecule has 0 radical (unpaired) electrons. The van der Waals surface area contributed by atoms with Gasteiger partial charge in [-0.25, -0.2) is 0 Å². The Morgan fingerprint density at radius 2 is 0.853 bits per heavy atom. The molecule has 3 unspecified atom stereocenters. The summed E-state index contributed by atoms with van der Waals surface area (Å²) in [7, 11) is 1.87. The second-order valence-corrected chi connectivity index (χ2v) is 35.5. The average Bonchev–Trinajstić information content (AvgIpc) is 1.59. The average molecular weight is 1340 g/mol. The minimum Gasteiger partial charge on any atom is -0.388 e. The molecule has 556 valence electrons. The van der Waals surface area contributed by atoms with Crippen LogP contribution in [0.15, 0.2) is 71.4 Å². The zero-order valence-electron chi connectivity index (χ0n) is 66.2. The van der Waals surface area contributed by atoms with Gasteiger partial charge in [-0.1, -0.05) is 244 Å². The zero-order chi connectivity index (χ0) is 74.3. The lowest BCUT2D eigenvalue weighted by Crippen LogP contribution is -2.30. The number of terminal acetylenes is 1. The van der Waals surface area contributed by atoms with Crippen LogP contribution >= 0.6 is 0 Å². The third kappa shape index (κ3) is 65.4. The van der Waals surface area contributed by atoms with Crippen molar-refractivity contribution in [1.29, 1.82) is 0 Å².